The molecule has 0 aliphatic rings. The number of esters is 1. The molecule has 2 aromatic rings. The third-order valence-electron chi connectivity index (χ3n) is 4.55. The Morgan fingerprint density at radius 1 is 1.14 bits per heavy atom. The van der Waals surface area contributed by atoms with Crippen molar-refractivity contribution in [3.63, 3.8) is 0 Å². The summed E-state index contributed by atoms with van der Waals surface area (Å²) in [7, 11) is 3.14. The highest BCUT2D eigenvalue weighted by Crippen LogP contribution is 2.22. The maximum Gasteiger partial charge on any atom is 0.340 e. The van der Waals surface area contributed by atoms with Gasteiger partial charge >= 0.3 is 5.97 Å². The van der Waals surface area contributed by atoms with Crippen LogP contribution in [-0.4, -0.2) is 55.7 Å². The van der Waals surface area contributed by atoms with Crippen molar-refractivity contribution in [1.29, 1.82) is 0 Å². The summed E-state index contributed by atoms with van der Waals surface area (Å²) in [4.78, 5) is 30.3. The molecule has 0 aliphatic carbocycles. The lowest BCUT2D eigenvalue weighted by atomic mass is 10.1. The number of amides is 1. The number of H-pyrrole nitrogens is 1. The Labute approximate surface area is 171 Å². The molecule has 29 heavy (non-hydrogen) atoms. The van der Waals surface area contributed by atoms with Gasteiger partial charge in [-0.1, -0.05) is 18.2 Å². The van der Waals surface area contributed by atoms with Gasteiger partial charge in [0.1, 0.15) is 18.1 Å². The van der Waals surface area contributed by atoms with Crippen LogP contribution in [-0.2, 0) is 16.0 Å². The molecular weight excluding hydrogens is 372 g/mol. The van der Waals surface area contributed by atoms with Crippen LogP contribution in [0.25, 0.3) is 0 Å². The van der Waals surface area contributed by atoms with Gasteiger partial charge in [0.05, 0.1) is 19.3 Å². The largest absolute Gasteiger partial charge is 0.497 e. The van der Waals surface area contributed by atoms with E-state index in [1.165, 1.54) is 7.11 Å². The van der Waals surface area contributed by atoms with Crippen molar-refractivity contribution < 1.29 is 23.8 Å². The van der Waals surface area contributed by atoms with E-state index in [1.54, 1.807) is 31.9 Å². The summed E-state index contributed by atoms with van der Waals surface area (Å²) in [5, 5.41) is 0. The highest BCUT2D eigenvalue weighted by molar-refractivity contribution is 6.00. The second-order valence-corrected chi connectivity index (χ2v) is 6.58. The summed E-state index contributed by atoms with van der Waals surface area (Å²) in [6.45, 7) is 8.48. The smallest absolute Gasteiger partial charge is 0.340 e. The Hall–Kier alpha value is -3.06. The minimum atomic E-state index is -0.474. The first-order chi connectivity index (χ1) is 13.9. The van der Waals surface area contributed by atoms with Crippen molar-refractivity contribution >= 4 is 11.9 Å². The van der Waals surface area contributed by atoms with Crippen molar-refractivity contribution in [1.82, 2.24) is 9.88 Å². The fourth-order valence-electron chi connectivity index (χ4n) is 3.04. The quantitative estimate of drug-likeness (QED) is 0.376. The number of nitrogens with zero attached hydrogens (tertiary/aromatic N) is 1. The van der Waals surface area contributed by atoms with Crippen molar-refractivity contribution in [3.05, 3.63) is 65.0 Å². The number of benzene rings is 1. The number of carbonyl (C=O) groups excluding carboxylic acids is 2. The summed E-state index contributed by atoms with van der Waals surface area (Å²) in [6.07, 6.45) is 1.67. The topological polar surface area (TPSA) is 80.9 Å². The van der Waals surface area contributed by atoms with Crippen LogP contribution in [0.2, 0.25) is 0 Å². The lowest BCUT2D eigenvalue weighted by Crippen LogP contribution is -2.31. The van der Waals surface area contributed by atoms with Crippen molar-refractivity contribution in [2.75, 3.05) is 34.0 Å². The van der Waals surface area contributed by atoms with Gasteiger partial charge in [0.2, 0.25) is 0 Å². The Bertz CT molecular complexity index is 855. The lowest BCUT2D eigenvalue weighted by molar-refractivity contribution is 0.0387. The Kier molecular flexibility index (Phi) is 8.03. The van der Waals surface area contributed by atoms with Crippen molar-refractivity contribution in [3.8, 4) is 5.75 Å². The second kappa shape index (κ2) is 10.5. The maximum atomic E-state index is 13.2. The Morgan fingerprint density at radius 3 is 2.41 bits per heavy atom. The number of ether oxygens (including phenoxy) is 3. The van der Waals surface area contributed by atoms with Gasteiger partial charge in [-0.25, -0.2) is 4.79 Å². The van der Waals surface area contributed by atoms with Crippen LogP contribution in [0.4, 0.5) is 0 Å². The van der Waals surface area contributed by atoms with Crippen LogP contribution < -0.4 is 4.74 Å². The maximum absolute atomic E-state index is 13.2. The van der Waals surface area contributed by atoms with Gasteiger partial charge in [-0.15, -0.1) is 6.58 Å². The first-order valence-electron chi connectivity index (χ1n) is 9.31. The minimum Gasteiger partial charge on any atom is -0.497 e. The molecule has 0 saturated heterocycles. The van der Waals surface area contributed by atoms with Gasteiger partial charge in [-0.2, -0.15) is 0 Å². The standard InChI is InChI=1S/C22H28N2O5/c1-6-11-24(14-17-7-9-18(28-5)10-8-17)21(25)20-15(2)19(16(3)23-20)22(26)29-13-12-27-4/h6-10,23H,1,11-14H2,2-5H3. The number of nitrogens with one attached hydrogen (secondary N) is 1. The average Bonchev–Trinajstić information content (AvgIpc) is 3.01. The Balaban J connectivity index is 2.23. The highest BCUT2D eigenvalue weighted by Gasteiger charge is 2.25. The first-order valence-corrected chi connectivity index (χ1v) is 9.31. The van der Waals surface area contributed by atoms with E-state index in [4.69, 9.17) is 14.2 Å². The third kappa shape index (κ3) is 5.48. The molecule has 0 aliphatic heterocycles. The molecule has 1 N–H and O–H groups in total. The molecule has 156 valence electrons. The number of carbonyl (C=O) groups is 2. The summed E-state index contributed by atoms with van der Waals surface area (Å²) in [6, 6.07) is 7.52. The molecule has 1 aromatic carbocycles. The fourth-order valence-corrected chi connectivity index (χ4v) is 3.04. The first kappa shape index (κ1) is 22.2. The lowest BCUT2D eigenvalue weighted by Gasteiger charge is -2.21. The van der Waals surface area contributed by atoms with Gasteiger partial charge in [0.15, 0.2) is 0 Å². The van der Waals surface area contributed by atoms with Gasteiger partial charge in [0.25, 0.3) is 5.91 Å². The van der Waals surface area contributed by atoms with Gasteiger partial charge in [-0.05, 0) is 37.1 Å². The molecule has 0 radical (unpaired) electrons. The molecule has 2 rings (SSSR count). The summed E-state index contributed by atoms with van der Waals surface area (Å²) >= 11 is 0. The van der Waals surface area contributed by atoms with Crippen LogP contribution in [0.1, 0.15) is 37.7 Å². The van der Waals surface area contributed by atoms with E-state index >= 15 is 0 Å². The number of aromatic amines is 1. The molecule has 1 heterocycles. The summed E-state index contributed by atoms with van der Waals surface area (Å²) in [5.74, 6) is 0.0675. The van der Waals surface area contributed by atoms with E-state index in [0.717, 1.165) is 11.3 Å². The SMILES string of the molecule is C=CCN(Cc1ccc(OC)cc1)C(=O)c1[nH]c(C)c(C(=O)OCCOC)c1C. The molecule has 7 heteroatoms. The van der Waals surface area contributed by atoms with Gasteiger partial charge < -0.3 is 24.1 Å². The molecule has 0 fully saturated rings. The summed E-state index contributed by atoms with van der Waals surface area (Å²) < 4.78 is 15.3. The fraction of sp³-hybridized carbons (Fsp3) is 0.364. The molecule has 0 spiro atoms. The van der Waals surface area contributed by atoms with Crippen molar-refractivity contribution in [2.45, 2.75) is 20.4 Å². The zero-order valence-corrected chi connectivity index (χ0v) is 17.4. The normalized spacial score (nSPS) is 10.5. The van der Waals surface area contributed by atoms with E-state index in [1.807, 2.05) is 24.3 Å². The van der Waals surface area contributed by atoms with Crippen molar-refractivity contribution in [2.24, 2.45) is 0 Å². The molecule has 0 bridgehead atoms. The number of aromatic nitrogens is 1. The molecular formula is C22H28N2O5. The van der Waals surface area contributed by atoms with E-state index in [0.29, 0.717) is 42.2 Å². The summed E-state index contributed by atoms with van der Waals surface area (Å²) in [5.41, 5.74) is 2.88. The molecule has 0 unspecified atom stereocenters. The molecule has 0 atom stereocenters. The third-order valence-corrected chi connectivity index (χ3v) is 4.55. The molecule has 0 saturated carbocycles. The predicted molar refractivity (Wildman–Crippen MR) is 110 cm³/mol. The molecule has 1 amide bonds. The van der Waals surface area contributed by atoms with Crippen LogP contribution in [0.5, 0.6) is 5.75 Å². The van der Waals surface area contributed by atoms with E-state index in [9.17, 15) is 9.59 Å². The van der Waals surface area contributed by atoms with E-state index in [2.05, 4.69) is 11.6 Å². The second-order valence-electron chi connectivity index (χ2n) is 6.58. The molecule has 7 nitrogen and oxygen atoms in total. The highest BCUT2D eigenvalue weighted by atomic mass is 16.6. The predicted octanol–water partition coefficient (Wildman–Crippen LogP) is 3.27. The number of aryl methyl sites for hydroxylation is 1. The Morgan fingerprint density at radius 2 is 1.83 bits per heavy atom. The van der Waals surface area contributed by atoms with Gasteiger partial charge in [-0.3, -0.25) is 4.79 Å². The van der Waals surface area contributed by atoms with Crippen LogP contribution in [0, 0.1) is 13.8 Å². The number of methoxy groups -OCH3 is 2. The molecule has 1 aromatic heterocycles. The number of rotatable bonds is 10. The number of hydrogen-bond acceptors (Lipinski definition) is 5. The van der Waals surface area contributed by atoms with E-state index < -0.39 is 5.97 Å². The minimum absolute atomic E-state index is 0.155. The van der Waals surface area contributed by atoms with Crippen LogP contribution in [0.3, 0.4) is 0 Å². The zero-order chi connectivity index (χ0) is 21.4. The average molecular weight is 400 g/mol. The monoisotopic (exact) mass is 400 g/mol. The van der Waals surface area contributed by atoms with Crippen LogP contribution in [0.15, 0.2) is 36.9 Å². The van der Waals surface area contributed by atoms with Gasteiger partial charge in [0, 0.05) is 25.9 Å². The zero-order valence-electron chi connectivity index (χ0n) is 17.4. The van der Waals surface area contributed by atoms with Crippen LogP contribution >= 0.6 is 0 Å². The number of hydrogen-bond donors (Lipinski definition) is 1. The van der Waals surface area contributed by atoms with E-state index in [-0.39, 0.29) is 12.5 Å².